The van der Waals surface area contributed by atoms with Crippen LogP contribution in [0.5, 0.6) is 0 Å². The van der Waals surface area contributed by atoms with Gasteiger partial charge in [0.2, 0.25) is 0 Å². The zero-order valence-corrected chi connectivity index (χ0v) is 10.7. The lowest BCUT2D eigenvalue weighted by molar-refractivity contribution is 0.0954. The Kier molecular flexibility index (Phi) is 3.84. The molecule has 4 nitrogen and oxygen atoms in total. The maximum absolute atomic E-state index is 11.9. The summed E-state index contributed by atoms with van der Waals surface area (Å²) in [6.07, 6.45) is 0.658. The average Bonchev–Trinajstić information content (AvgIpc) is 2.78. The van der Waals surface area contributed by atoms with Crippen molar-refractivity contribution in [2.75, 3.05) is 0 Å². The Morgan fingerprint density at radius 3 is 2.72 bits per heavy atom. The van der Waals surface area contributed by atoms with Crippen molar-refractivity contribution in [3.8, 4) is 0 Å². The molecule has 0 aliphatic heterocycles. The Labute approximate surface area is 109 Å². The fourth-order valence-electron chi connectivity index (χ4n) is 1.54. The molecule has 1 heterocycles. The highest BCUT2D eigenvalue weighted by molar-refractivity contribution is 7.15. The molecule has 0 saturated heterocycles. The summed E-state index contributed by atoms with van der Waals surface area (Å²) < 4.78 is 0. The first kappa shape index (κ1) is 12.4. The second-order valence-corrected chi connectivity index (χ2v) is 4.78. The normalized spacial score (nSPS) is 10.1. The molecule has 0 aliphatic carbocycles. The Bertz CT molecular complexity index is 564. The first-order chi connectivity index (χ1) is 8.70. The molecular formula is C13H12N2O2S. The minimum Gasteiger partial charge on any atom is -0.347 e. The molecule has 1 aromatic carbocycles. The minimum absolute atomic E-state index is 0.193. The van der Waals surface area contributed by atoms with Gasteiger partial charge in [-0.05, 0) is 12.5 Å². The van der Waals surface area contributed by atoms with Gasteiger partial charge >= 0.3 is 0 Å². The van der Waals surface area contributed by atoms with Crippen LogP contribution in [0.3, 0.4) is 0 Å². The summed E-state index contributed by atoms with van der Waals surface area (Å²) in [6.45, 7) is 2.19. The van der Waals surface area contributed by atoms with Crippen LogP contribution in [0.15, 0.2) is 30.3 Å². The number of hydrogen-bond donors (Lipinski definition) is 1. The van der Waals surface area contributed by atoms with Gasteiger partial charge in [-0.25, -0.2) is 4.98 Å². The third kappa shape index (κ3) is 2.81. The van der Waals surface area contributed by atoms with Crippen LogP contribution in [0.4, 0.5) is 0 Å². The van der Waals surface area contributed by atoms with Gasteiger partial charge in [-0.1, -0.05) is 30.3 Å². The highest BCUT2D eigenvalue weighted by Crippen LogP contribution is 2.16. The van der Waals surface area contributed by atoms with Crippen molar-refractivity contribution >= 4 is 23.5 Å². The maximum atomic E-state index is 11.9. The van der Waals surface area contributed by atoms with E-state index in [1.54, 1.807) is 6.92 Å². The Morgan fingerprint density at radius 2 is 2.11 bits per heavy atom. The van der Waals surface area contributed by atoms with Crippen molar-refractivity contribution in [3.05, 3.63) is 51.5 Å². The molecule has 18 heavy (non-hydrogen) atoms. The molecule has 0 unspecified atom stereocenters. The van der Waals surface area contributed by atoms with Gasteiger partial charge in [0.1, 0.15) is 4.88 Å². The number of rotatable bonds is 4. The summed E-state index contributed by atoms with van der Waals surface area (Å²) >= 11 is 1.11. The molecule has 1 amide bonds. The first-order valence-electron chi connectivity index (χ1n) is 5.45. The number of thiazole rings is 1. The number of carbonyl (C=O) groups is 2. The van der Waals surface area contributed by atoms with Crippen LogP contribution < -0.4 is 5.32 Å². The molecule has 0 spiro atoms. The highest BCUT2D eigenvalue weighted by Gasteiger charge is 2.14. The first-order valence-corrected chi connectivity index (χ1v) is 6.27. The topological polar surface area (TPSA) is 59.1 Å². The molecule has 2 rings (SSSR count). The lowest BCUT2D eigenvalue weighted by Crippen LogP contribution is -2.22. The van der Waals surface area contributed by atoms with E-state index in [1.165, 1.54) is 0 Å². The van der Waals surface area contributed by atoms with Crippen molar-refractivity contribution in [1.82, 2.24) is 10.3 Å². The number of nitrogens with zero attached hydrogens (tertiary/aromatic N) is 1. The van der Waals surface area contributed by atoms with E-state index in [1.807, 2.05) is 30.3 Å². The SMILES string of the molecule is Cc1nc(C=O)sc1C(=O)NCc1ccccc1. The van der Waals surface area contributed by atoms with E-state index in [0.717, 1.165) is 16.9 Å². The Balaban J connectivity index is 2.03. The van der Waals surface area contributed by atoms with Crippen LogP contribution in [0.1, 0.15) is 30.7 Å². The molecule has 5 heteroatoms. The number of benzene rings is 1. The maximum Gasteiger partial charge on any atom is 0.263 e. The molecule has 0 aliphatic rings. The van der Waals surface area contributed by atoms with Gasteiger partial charge in [-0.3, -0.25) is 9.59 Å². The van der Waals surface area contributed by atoms with Crippen LogP contribution in [0, 0.1) is 6.92 Å². The monoisotopic (exact) mass is 260 g/mol. The van der Waals surface area contributed by atoms with Gasteiger partial charge in [-0.2, -0.15) is 0 Å². The van der Waals surface area contributed by atoms with E-state index >= 15 is 0 Å². The van der Waals surface area contributed by atoms with Gasteiger partial charge in [-0.15, -0.1) is 11.3 Å². The Morgan fingerprint density at radius 1 is 1.39 bits per heavy atom. The quantitative estimate of drug-likeness (QED) is 0.857. The summed E-state index contributed by atoms with van der Waals surface area (Å²) in [7, 11) is 0. The fourth-order valence-corrected chi connectivity index (χ4v) is 2.33. The molecule has 0 fully saturated rings. The van der Waals surface area contributed by atoms with Crippen molar-refractivity contribution in [1.29, 1.82) is 0 Å². The molecule has 1 N–H and O–H groups in total. The summed E-state index contributed by atoms with van der Waals surface area (Å²) in [6, 6.07) is 9.65. The summed E-state index contributed by atoms with van der Waals surface area (Å²) in [5.41, 5.74) is 1.62. The van der Waals surface area contributed by atoms with E-state index in [2.05, 4.69) is 10.3 Å². The van der Waals surface area contributed by atoms with Crippen LogP contribution in [0.25, 0.3) is 0 Å². The number of aromatic nitrogens is 1. The van der Waals surface area contributed by atoms with Gasteiger partial charge in [0.25, 0.3) is 5.91 Å². The lowest BCUT2D eigenvalue weighted by atomic mass is 10.2. The smallest absolute Gasteiger partial charge is 0.263 e. The van der Waals surface area contributed by atoms with Crippen LogP contribution in [-0.4, -0.2) is 17.2 Å². The second-order valence-electron chi connectivity index (χ2n) is 3.75. The fraction of sp³-hybridized carbons (Fsp3) is 0.154. The average molecular weight is 260 g/mol. The van der Waals surface area contributed by atoms with Crippen molar-refractivity contribution in [2.45, 2.75) is 13.5 Å². The van der Waals surface area contributed by atoms with Gasteiger partial charge in [0, 0.05) is 6.54 Å². The van der Waals surface area contributed by atoms with Crippen molar-refractivity contribution < 1.29 is 9.59 Å². The molecule has 2 aromatic rings. The molecule has 0 saturated carbocycles. The van der Waals surface area contributed by atoms with Crippen molar-refractivity contribution in [3.63, 3.8) is 0 Å². The number of aryl methyl sites for hydroxylation is 1. The molecular weight excluding hydrogens is 248 g/mol. The number of carbonyl (C=O) groups excluding carboxylic acids is 2. The summed E-state index contributed by atoms with van der Waals surface area (Å²) in [5, 5.41) is 3.14. The molecule has 1 aromatic heterocycles. The zero-order valence-electron chi connectivity index (χ0n) is 9.84. The summed E-state index contributed by atoms with van der Waals surface area (Å²) in [5.74, 6) is -0.193. The van der Waals surface area contributed by atoms with Gasteiger partial charge < -0.3 is 5.32 Å². The second kappa shape index (κ2) is 5.55. The molecule has 0 bridgehead atoms. The van der Waals surface area contributed by atoms with E-state index < -0.39 is 0 Å². The molecule has 0 radical (unpaired) electrons. The molecule has 0 atom stereocenters. The minimum atomic E-state index is -0.193. The van der Waals surface area contributed by atoms with E-state index in [4.69, 9.17) is 0 Å². The van der Waals surface area contributed by atoms with Crippen LogP contribution in [-0.2, 0) is 6.54 Å². The van der Waals surface area contributed by atoms with E-state index in [0.29, 0.717) is 28.4 Å². The number of amides is 1. The van der Waals surface area contributed by atoms with E-state index in [-0.39, 0.29) is 5.91 Å². The standard InChI is InChI=1S/C13H12N2O2S/c1-9-12(18-11(8-16)15-9)13(17)14-7-10-5-3-2-4-6-10/h2-6,8H,7H2,1H3,(H,14,17). The summed E-state index contributed by atoms with van der Waals surface area (Å²) in [4.78, 5) is 27.0. The number of hydrogen-bond acceptors (Lipinski definition) is 4. The third-order valence-corrected chi connectivity index (χ3v) is 3.50. The van der Waals surface area contributed by atoms with Gasteiger partial charge in [0.15, 0.2) is 11.3 Å². The lowest BCUT2D eigenvalue weighted by Gasteiger charge is -2.03. The number of aldehydes is 1. The predicted octanol–water partition coefficient (Wildman–Crippen LogP) is 2.19. The Hall–Kier alpha value is -2.01. The highest BCUT2D eigenvalue weighted by atomic mass is 32.1. The zero-order chi connectivity index (χ0) is 13.0. The van der Waals surface area contributed by atoms with Crippen LogP contribution in [0.2, 0.25) is 0 Å². The molecule has 92 valence electrons. The van der Waals surface area contributed by atoms with E-state index in [9.17, 15) is 9.59 Å². The largest absolute Gasteiger partial charge is 0.347 e. The van der Waals surface area contributed by atoms with Crippen LogP contribution >= 0.6 is 11.3 Å². The van der Waals surface area contributed by atoms with Gasteiger partial charge in [0.05, 0.1) is 5.69 Å². The van der Waals surface area contributed by atoms with Crippen molar-refractivity contribution in [2.24, 2.45) is 0 Å². The number of nitrogens with one attached hydrogen (secondary N) is 1. The third-order valence-electron chi connectivity index (χ3n) is 2.42. The predicted molar refractivity (Wildman–Crippen MR) is 69.9 cm³/mol.